The Kier molecular flexibility index (Phi) is 1.65. The van der Waals surface area contributed by atoms with Crippen molar-refractivity contribution in [1.29, 1.82) is 0 Å². The van der Waals surface area contributed by atoms with Crippen molar-refractivity contribution in [2.45, 2.75) is 13.8 Å². The van der Waals surface area contributed by atoms with E-state index < -0.39 is 0 Å². The average Bonchev–Trinajstić information content (AvgIpc) is 2.48. The topological polar surface area (TPSA) is 0 Å². The Balaban J connectivity index is 2.94. The summed E-state index contributed by atoms with van der Waals surface area (Å²) in [4.78, 5) is 0. The van der Waals surface area contributed by atoms with Crippen LogP contribution in [0, 0.1) is 19.7 Å². The third kappa shape index (κ3) is 0.950. The molecule has 0 saturated heterocycles. The van der Waals surface area contributed by atoms with Gasteiger partial charge in [-0.25, -0.2) is 4.39 Å². The van der Waals surface area contributed by atoms with Gasteiger partial charge in [-0.05, 0) is 41.8 Å². The van der Waals surface area contributed by atoms with Gasteiger partial charge in [0.15, 0.2) is 0 Å². The molecule has 1 aromatic carbocycles. The largest absolute Gasteiger partial charge is 0.205 e. The van der Waals surface area contributed by atoms with Crippen LogP contribution in [0.25, 0.3) is 10.1 Å². The van der Waals surface area contributed by atoms with Crippen LogP contribution in [0.5, 0.6) is 0 Å². The highest BCUT2D eigenvalue weighted by Gasteiger charge is 2.07. The number of hydrogen-bond acceptors (Lipinski definition) is 1. The molecule has 0 bridgehead atoms. The Morgan fingerprint density at radius 1 is 1.33 bits per heavy atom. The monoisotopic (exact) mass is 180 g/mol. The SMILES string of the molecule is Cc1cc2ccsc2c(F)c1C. The van der Waals surface area contributed by atoms with Crippen LogP contribution in [0.3, 0.4) is 0 Å². The maximum atomic E-state index is 13.5. The number of rotatable bonds is 0. The summed E-state index contributed by atoms with van der Waals surface area (Å²) in [5, 5.41) is 2.94. The minimum atomic E-state index is -0.0556. The Morgan fingerprint density at radius 2 is 2.08 bits per heavy atom. The summed E-state index contributed by atoms with van der Waals surface area (Å²) in [5.41, 5.74) is 1.79. The highest BCUT2D eigenvalue weighted by Crippen LogP contribution is 2.27. The summed E-state index contributed by atoms with van der Waals surface area (Å²) in [5.74, 6) is -0.0556. The van der Waals surface area contributed by atoms with E-state index in [1.54, 1.807) is 0 Å². The minimum absolute atomic E-state index is 0.0556. The number of benzene rings is 1. The van der Waals surface area contributed by atoms with E-state index in [0.717, 1.165) is 21.2 Å². The van der Waals surface area contributed by atoms with Gasteiger partial charge in [-0.2, -0.15) is 0 Å². The maximum Gasteiger partial charge on any atom is 0.144 e. The van der Waals surface area contributed by atoms with Gasteiger partial charge in [-0.3, -0.25) is 0 Å². The molecule has 2 aromatic rings. The molecule has 2 heteroatoms. The van der Waals surface area contributed by atoms with E-state index in [4.69, 9.17) is 0 Å². The van der Waals surface area contributed by atoms with Gasteiger partial charge in [0.25, 0.3) is 0 Å². The van der Waals surface area contributed by atoms with Crippen molar-refractivity contribution in [3.8, 4) is 0 Å². The first kappa shape index (κ1) is 7.74. The van der Waals surface area contributed by atoms with Crippen molar-refractivity contribution in [1.82, 2.24) is 0 Å². The van der Waals surface area contributed by atoms with Gasteiger partial charge in [0.1, 0.15) is 5.82 Å². The van der Waals surface area contributed by atoms with Crippen LogP contribution in [0.4, 0.5) is 4.39 Å². The molecule has 0 N–H and O–H groups in total. The molecule has 2 rings (SSSR count). The molecule has 62 valence electrons. The average molecular weight is 180 g/mol. The van der Waals surface area contributed by atoms with E-state index in [0.29, 0.717) is 0 Å². The summed E-state index contributed by atoms with van der Waals surface area (Å²) in [6, 6.07) is 3.99. The second kappa shape index (κ2) is 2.56. The number of thiophene rings is 1. The van der Waals surface area contributed by atoms with Crippen molar-refractivity contribution >= 4 is 21.4 Å². The van der Waals surface area contributed by atoms with E-state index in [1.807, 2.05) is 31.4 Å². The Hall–Kier alpha value is -0.890. The van der Waals surface area contributed by atoms with Crippen molar-refractivity contribution < 1.29 is 4.39 Å². The zero-order chi connectivity index (χ0) is 8.72. The third-order valence-corrected chi connectivity index (χ3v) is 3.11. The van der Waals surface area contributed by atoms with Gasteiger partial charge in [0.05, 0.1) is 4.70 Å². The van der Waals surface area contributed by atoms with Crippen LogP contribution in [0.1, 0.15) is 11.1 Å². The summed E-state index contributed by atoms with van der Waals surface area (Å²) in [6.07, 6.45) is 0. The summed E-state index contributed by atoms with van der Waals surface area (Å²) in [6.45, 7) is 3.76. The lowest BCUT2D eigenvalue weighted by Gasteiger charge is -2.01. The van der Waals surface area contributed by atoms with Crippen LogP contribution >= 0.6 is 11.3 Å². The molecule has 0 aliphatic carbocycles. The maximum absolute atomic E-state index is 13.5. The van der Waals surface area contributed by atoms with Gasteiger partial charge in [0, 0.05) is 0 Å². The van der Waals surface area contributed by atoms with E-state index >= 15 is 0 Å². The molecule has 12 heavy (non-hydrogen) atoms. The summed E-state index contributed by atoms with van der Waals surface area (Å²) in [7, 11) is 0. The minimum Gasteiger partial charge on any atom is -0.205 e. The molecule has 1 aromatic heterocycles. The quantitative estimate of drug-likeness (QED) is 0.580. The zero-order valence-electron chi connectivity index (χ0n) is 7.02. The van der Waals surface area contributed by atoms with E-state index in [-0.39, 0.29) is 5.82 Å². The van der Waals surface area contributed by atoms with Gasteiger partial charge in [0.2, 0.25) is 0 Å². The van der Waals surface area contributed by atoms with Crippen molar-refractivity contribution in [3.05, 3.63) is 34.5 Å². The lowest BCUT2D eigenvalue weighted by atomic mass is 10.1. The van der Waals surface area contributed by atoms with Crippen LogP contribution < -0.4 is 0 Å². The van der Waals surface area contributed by atoms with Crippen LogP contribution in [0.15, 0.2) is 17.5 Å². The molecule has 0 aliphatic rings. The molecule has 0 amide bonds. The van der Waals surface area contributed by atoms with Gasteiger partial charge >= 0.3 is 0 Å². The molecule has 0 nitrogen and oxygen atoms in total. The first-order valence-electron chi connectivity index (χ1n) is 3.83. The lowest BCUT2D eigenvalue weighted by molar-refractivity contribution is 0.631. The van der Waals surface area contributed by atoms with Crippen LogP contribution in [-0.2, 0) is 0 Å². The molecule has 0 fully saturated rings. The zero-order valence-corrected chi connectivity index (χ0v) is 7.83. The first-order valence-corrected chi connectivity index (χ1v) is 4.71. The number of aryl methyl sites for hydroxylation is 1. The van der Waals surface area contributed by atoms with E-state index in [9.17, 15) is 4.39 Å². The van der Waals surface area contributed by atoms with Gasteiger partial charge in [-0.1, -0.05) is 6.07 Å². The highest BCUT2D eigenvalue weighted by atomic mass is 32.1. The predicted molar refractivity (Wildman–Crippen MR) is 51.3 cm³/mol. The second-order valence-electron chi connectivity index (χ2n) is 2.97. The summed E-state index contributed by atoms with van der Waals surface area (Å²) >= 11 is 1.46. The molecular weight excluding hydrogens is 171 g/mol. The van der Waals surface area contributed by atoms with Crippen molar-refractivity contribution in [3.63, 3.8) is 0 Å². The first-order chi connectivity index (χ1) is 5.70. The molecule has 0 saturated carbocycles. The van der Waals surface area contributed by atoms with Crippen molar-refractivity contribution in [2.75, 3.05) is 0 Å². The molecule has 0 atom stereocenters. The lowest BCUT2D eigenvalue weighted by Crippen LogP contribution is -1.86. The third-order valence-electron chi connectivity index (χ3n) is 2.19. The fourth-order valence-corrected chi connectivity index (χ4v) is 2.17. The smallest absolute Gasteiger partial charge is 0.144 e. The number of halogens is 1. The predicted octanol–water partition coefficient (Wildman–Crippen LogP) is 3.66. The molecule has 0 aliphatic heterocycles. The Labute approximate surface area is 74.6 Å². The molecule has 1 heterocycles. The normalized spacial score (nSPS) is 10.9. The fourth-order valence-electron chi connectivity index (χ4n) is 1.30. The van der Waals surface area contributed by atoms with Crippen LogP contribution in [0.2, 0.25) is 0 Å². The molecule has 0 spiro atoms. The van der Waals surface area contributed by atoms with Crippen LogP contribution in [-0.4, -0.2) is 0 Å². The standard InChI is InChI=1S/C10H9FS/c1-6-5-8-3-4-12-10(8)9(11)7(6)2/h3-5H,1-2H3. The van der Waals surface area contributed by atoms with Gasteiger partial charge in [-0.15, -0.1) is 11.3 Å². The van der Waals surface area contributed by atoms with E-state index in [1.165, 1.54) is 11.3 Å². The Morgan fingerprint density at radius 3 is 2.83 bits per heavy atom. The summed E-state index contributed by atoms with van der Waals surface area (Å²) < 4.78 is 14.3. The highest BCUT2D eigenvalue weighted by molar-refractivity contribution is 7.17. The number of hydrogen-bond donors (Lipinski definition) is 0. The second-order valence-corrected chi connectivity index (χ2v) is 3.89. The van der Waals surface area contributed by atoms with E-state index in [2.05, 4.69) is 0 Å². The number of fused-ring (bicyclic) bond motifs is 1. The molecule has 0 radical (unpaired) electrons. The fraction of sp³-hybridized carbons (Fsp3) is 0.200. The Bertz CT molecular complexity index is 429. The molecular formula is C10H9FS. The molecule has 0 unspecified atom stereocenters. The van der Waals surface area contributed by atoms with Crippen molar-refractivity contribution in [2.24, 2.45) is 0 Å². The van der Waals surface area contributed by atoms with Gasteiger partial charge < -0.3 is 0 Å².